The zero-order valence-corrected chi connectivity index (χ0v) is 17.1. The largest absolute Gasteiger partial charge is 0.492 e. The fourth-order valence-corrected chi connectivity index (χ4v) is 2.73. The maximum atomic E-state index is 5.98. The van der Waals surface area contributed by atoms with Crippen LogP contribution in [0.1, 0.15) is 52.7 Å². The molecule has 3 heteroatoms. The van der Waals surface area contributed by atoms with Crippen molar-refractivity contribution in [1.82, 2.24) is 4.98 Å². The number of nitrogens with zero attached hydrogens (tertiary/aromatic N) is 1. The molecule has 0 saturated heterocycles. The number of fused-ring (bicyclic) bond motifs is 1. The van der Waals surface area contributed by atoms with Gasteiger partial charge in [-0.1, -0.05) is 69.6 Å². The first-order chi connectivity index (χ1) is 11.6. The summed E-state index contributed by atoms with van der Waals surface area (Å²) in [6.07, 6.45) is 5.98. The summed E-state index contributed by atoms with van der Waals surface area (Å²) in [6, 6.07) is 10.2. The van der Waals surface area contributed by atoms with E-state index in [0.717, 1.165) is 21.3 Å². The van der Waals surface area contributed by atoms with Gasteiger partial charge in [0.25, 0.3) is 0 Å². The van der Waals surface area contributed by atoms with Crippen molar-refractivity contribution in [3.8, 4) is 5.75 Å². The van der Waals surface area contributed by atoms with Gasteiger partial charge in [-0.05, 0) is 29.8 Å². The van der Waals surface area contributed by atoms with Gasteiger partial charge < -0.3 is 4.74 Å². The molecule has 24 heavy (non-hydrogen) atoms. The van der Waals surface area contributed by atoms with Crippen LogP contribution in [-0.2, 0) is 0 Å². The number of rotatable bonds is 1. The number of aromatic nitrogens is 1. The standard InChI is InChI=1S/C17H16BrNO.2C2H6/c1-17(2)9-15(12-4-3-7-19-10-12)14-8-13(18)5-6-16(14)20-11-17;2*1-2/h3-10H,11H2,1-2H3;2*1-2H3. The van der Waals surface area contributed by atoms with Crippen LogP contribution < -0.4 is 4.74 Å². The Kier molecular flexibility index (Phi) is 8.20. The van der Waals surface area contributed by atoms with E-state index < -0.39 is 0 Å². The van der Waals surface area contributed by atoms with Crippen LogP contribution in [0, 0.1) is 5.41 Å². The van der Waals surface area contributed by atoms with E-state index >= 15 is 0 Å². The average molecular weight is 390 g/mol. The second-order valence-corrected chi connectivity index (χ2v) is 6.63. The van der Waals surface area contributed by atoms with Crippen LogP contribution in [0.4, 0.5) is 0 Å². The molecule has 0 aliphatic carbocycles. The summed E-state index contributed by atoms with van der Waals surface area (Å²) in [5, 5.41) is 0. The number of halogens is 1. The summed E-state index contributed by atoms with van der Waals surface area (Å²) >= 11 is 3.55. The molecule has 0 fully saturated rings. The number of pyridine rings is 1. The van der Waals surface area contributed by atoms with E-state index in [9.17, 15) is 0 Å². The highest BCUT2D eigenvalue weighted by Gasteiger charge is 2.24. The van der Waals surface area contributed by atoms with Gasteiger partial charge in [-0.15, -0.1) is 0 Å². The third kappa shape index (κ3) is 5.20. The van der Waals surface area contributed by atoms with E-state index in [-0.39, 0.29) is 5.41 Å². The molecule has 0 radical (unpaired) electrons. The predicted octanol–water partition coefficient (Wildman–Crippen LogP) is 6.75. The molecule has 130 valence electrons. The Morgan fingerprint density at radius 1 is 1.08 bits per heavy atom. The lowest BCUT2D eigenvalue weighted by atomic mass is 9.88. The Morgan fingerprint density at radius 2 is 1.79 bits per heavy atom. The Hall–Kier alpha value is -1.61. The fourth-order valence-electron chi connectivity index (χ4n) is 2.37. The van der Waals surface area contributed by atoms with Gasteiger partial charge in [0, 0.05) is 33.4 Å². The first kappa shape index (κ1) is 20.4. The minimum Gasteiger partial charge on any atom is -0.492 e. The third-order valence-electron chi connectivity index (χ3n) is 3.34. The number of benzene rings is 1. The van der Waals surface area contributed by atoms with Gasteiger partial charge in [-0.3, -0.25) is 4.98 Å². The van der Waals surface area contributed by atoms with Crippen molar-refractivity contribution in [3.63, 3.8) is 0 Å². The molecule has 1 aromatic carbocycles. The molecular weight excluding hydrogens is 362 g/mol. The van der Waals surface area contributed by atoms with Crippen LogP contribution in [0.3, 0.4) is 0 Å². The van der Waals surface area contributed by atoms with Gasteiger partial charge in [0.1, 0.15) is 5.75 Å². The molecule has 2 nitrogen and oxygen atoms in total. The van der Waals surface area contributed by atoms with Crippen LogP contribution in [0.25, 0.3) is 5.57 Å². The number of ether oxygens (including phenoxy) is 1. The van der Waals surface area contributed by atoms with Crippen molar-refractivity contribution in [2.75, 3.05) is 6.61 Å². The first-order valence-corrected chi connectivity index (χ1v) is 9.40. The molecule has 3 rings (SSSR count). The topological polar surface area (TPSA) is 22.1 Å². The Morgan fingerprint density at radius 3 is 2.42 bits per heavy atom. The zero-order chi connectivity index (χ0) is 18.2. The Bertz CT molecular complexity index is 663. The van der Waals surface area contributed by atoms with Crippen molar-refractivity contribution in [1.29, 1.82) is 0 Å². The van der Waals surface area contributed by atoms with Gasteiger partial charge >= 0.3 is 0 Å². The van der Waals surface area contributed by atoms with E-state index in [2.05, 4.69) is 53.0 Å². The van der Waals surface area contributed by atoms with Crippen molar-refractivity contribution < 1.29 is 4.74 Å². The van der Waals surface area contributed by atoms with Gasteiger partial charge in [-0.25, -0.2) is 0 Å². The van der Waals surface area contributed by atoms with Crippen molar-refractivity contribution >= 4 is 21.5 Å². The monoisotopic (exact) mass is 389 g/mol. The summed E-state index contributed by atoms with van der Waals surface area (Å²) in [6.45, 7) is 13.0. The smallest absolute Gasteiger partial charge is 0.127 e. The Balaban J connectivity index is 0.000000671. The van der Waals surface area contributed by atoms with Crippen molar-refractivity contribution in [2.45, 2.75) is 41.5 Å². The average Bonchev–Trinajstić information content (AvgIpc) is 2.75. The molecule has 0 spiro atoms. The third-order valence-corrected chi connectivity index (χ3v) is 3.83. The summed E-state index contributed by atoms with van der Waals surface area (Å²) in [7, 11) is 0. The van der Waals surface area contributed by atoms with E-state index in [1.807, 2.05) is 52.1 Å². The van der Waals surface area contributed by atoms with Crippen LogP contribution in [-0.4, -0.2) is 11.6 Å². The van der Waals surface area contributed by atoms with Gasteiger partial charge in [0.2, 0.25) is 0 Å². The molecule has 2 aromatic rings. The second-order valence-electron chi connectivity index (χ2n) is 5.72. The number of hydrogen-bond acceptors (Lipinski definition) is 2. The Labute approximate surface area is 155 Å². The summed E-state index contributed by atoms with van der Waals surface area (Å²) < 4.78 is 7.03. The summed E-state index contributed by atoms with van der Waals surface area (Å²) in [5.74, 6) is 0.925. The van der Waals surface area contributed by atoms with Crippen LogP contribution in [0.5, 0.6) is 5.75 Å². The molecule has 0 unspecified atom stereocenters. The van der Waals surface area contributed by atoms with Crippen LogP contribution >= 0.6 is 15.9 Å². The highest BCUT2D eigenvalue weighted by Crippen LogP contribution is 2.39. The van der Waals surface area contributed by atoms with E-state index in [4.69, 9.17) is 4.74 Å². The SMILES string of the molecule is CC.CC.CC1(C)C=C(c2cccnc2)c2cc(Br)ccc2OC1. The number of hydrogen-bond donors (Lipinski definition) is 0. The maximum Gasteiger partial charge on any atom is 0.127 e. The minimum absolute atomic E-state index is 0.0172. The van der Waals surface area contributed by atoms with E-state index in [1.54, 1.807) is 6.20 Å². The molecule has 1 aliphatic heterocycles. The minimum atomic E-state index is -0.0172. The molecule has 2 heterocycles. The van der Waals surface area contributed by atoms with Gasteiger partial charge in [0.05, 0.1) is 6.61 Å². The molecule has 0 N–H and O–H groups in total. The normalized spacial score (nSPS) is 14.4. The fraction of sp³-hybridized carbons (Fsp3) is 0.381. The molecule has 0 bridgehead atoms. The lowest BCUT2D eigenvalue weighted by Gasteiger charge is -2.18. The molecular formula is C21H28BrNO. The molecule has 1 aromatic heterocycles. The highest BCUT2D eigenvalue weighted by molar-refractivity contribution is 9.10. The predicted molar refractivity (Wildman–Crippen MR) is 107 cm³/mol. The quantitative estimate of drug-likeness (QED) is 0.538. The molecule has 1 aliphatic rings. The second kappa shape index (κ2) is 9.63. The van der Waals surface area contributed by atoms with E-state index in [0.29, 0.717) is 6.61 Å². The van der Waals surface area contributed by atoms with Crippen LogP contribution in [0.2, 0.25) is 0 Å². The lowest BCUT2D eigenvalue weighted by molar-refractivity contribution is 0.225. The van der Waals surface area contributed by atoms with Crippen molar-refractivity contribution in [3.05, 3.63) is 64.4 Å². The lowest BCUT2D eigenvalue weighted by Crippen LogP contribution is -2.17. The molecule has 0 amide bonds. The maximum absolute atomic E-state index is 5.98. The summed E-state index contributed by atoms with van der Waals surface area (Å²) in [5.41, 5.74) is 3.39. The first-order valence-electron chi connectivity index (χ1n) is 8.61. The van der Waals surface area contributed by atoms with Gasteiger partial charge in [0.15, 0.2) is 0 Å². The van der Waals surface area contributed by atoms with Crippen molar-refractivity contribution in [2.24, 2.45) is 5.41 Å². The van der Waals surface area contributed by atoms with Crippen LogP contribution in [0.15, 0.2) is 53.3 Å². The highest BCUT2D eigenvalue weighted by atomic mass is 79.9. The molecule has 0 atom stereocenters. The van der Waals surface area contributed by atoms with E-state index in [1.165, 1.54) is 5.57 Å². The zero-order valence-electron chi connectivity index (χ0n) is 15.6. The summed E-state index contributed by atoms with van der Waals surface area (Å²) in [4.78, 5) is 4.24. The molecule has 0 saturated carbocycles. The van der Waals surface area contributed by atoms with Gasteiger partial charge in [-0.2, -0.15) is 0 Å².